The van der Waals surface area contributed by atoms with Crippen molar-refractivity contribution in [1.82, 2.24) is 10.3 Å². The Labute approximate surface area is 88.1 Å². The Hall–Kier alpha value is -1.62. The number of aliphatic hydroxyl groups excluding tert-OH is 1. The van der Waals surface area contributed by atoms with Crippen LogP contribution < -0.4 is 10.1 Å². The van der Waals surface area contributed by atoms with E-state index in [1.54, 1.807) is 13.0 Å². The number of carbonyl (C=O) groups excluding carboxylic acids is 1. The molecule has 5 heteroatoms. The van der Waals surface area contributed by atoms with Crippen molar-refractivity contribution in [2.75, 3.05) is 13.7 Å². The summed E-state index contributed by atoms with van der Waals surface area (Å²) < 4.78 is 4.99. The molecule has 82 valence electrons. The van der Waals surface area contributed by atoms with Crippen molar-refractivity contribution in [3.05, 3.63) is 24.0 Å². The minimum absolute atomic E-state index is 0.213. The maximum Gasteiger partial charge on any atom is 0.255 e. The minimum Gasteiger partial charge on any atom is -0.494 e. The van der Waals surface area contributed by atoms with E-state index in [2.05, 4.69) is 10.3 Å². The number of aromatic nitrogens is 1. The fourth-order valence-corrected chi connectivity index (χ4v) is 1.07. The predicted octanol–water partition coefficient (Wildman–Crippen LogP) is 0.201. The van der Waals surface area contributed by atoms with E-state index < -0.39 is 6.10 Å². The van der Waals surface area contributed by atoms with Gasteiger partial charge in [0.15, 0.2) is 0 Å². The number of aliphatic hydroxyl groups is 1. The second kappa shape index (κ2) is 5.31. The van der Waals surface area contributed by atoms with E-state index in [0.717, 1.165) is 0 Å². The maximum absolute atomic E-state index is 11.6. The van der Waals surface area contributed by atoms with Crippen LogP contribution in [0.4, 0.5) is 0 Å². The molecule has 2 N–H and O–H groups in total. The van der Waals surface area contributed by atoms with Crippen molar-refractivity contribution in [3.63, 3.8) is 0 Å². The summed E-state index contributed by atoms with van der Waals surface area (Å²) in [6.07, 6.45) is 2.42. The smallest absolute Gasteiger partial charge is 0.255 e. The standard InChI is InChI=1S/C10H14N2O3/c1-7(13)5-12-10(14)8-3-4-11-6-9(8)15-2/h3-4,6-7,13H,5H2,1-2H3,(H,12,14). The van der Waals surface area contributed by atoms with Gasteiger partial charge in [0.25, 0.3) is 5.91 Å². The number of nitrogens with zero attached hydrogens (tertiary/aromatic N) is 1. The second-order valence-electron chi connectivity index (χ2n) is 3.14. The highest BCUT2D eigenvalue weighted by Crippen LogP contribution is 2.14. The van der Waals surface area contributed by atoms with Crippen LogP contribution in [0.5, 0.6) is 5.75 Å². The Balaban J connectivity index is 2.72. The van der Waals surface area contributed by atoms with E-state index in [4.69, 9.17) is 9.84 Å². The fourth-order valence-electron chi connectivity index (χ4n) is 1.07. The summed E-state index contributed by atoms with van der Waals surface area (Å²) in [6.45, 7) is 1.81. The van der Waals surface area contributed by atoms with Crippen molar-refractivity contribution in [2.24, 2.45) is 0 Å². The fraction of sp³-hybridized carbons (Fsp3) is 0.400. The van der Waals surface area contributed by atoms with Gasteiger partial charge in [0.05, 0.1) is 25.0 Å². The van der Waals surface area contributed by atoms with Crippen LogP contribution in [0.1, 0.15) is 17.3 Å². The maximum atomic E-state index is 11.6. The Kier molecular flexibility index (Phi) is 4.05. The molecule has 0 bridgehead atoms. The molecule has 15 heavy (non-hydrogen) atoms. The number of hydrogen-bond acceptors (Lipinski definition) is 4. The highest BCUT2D eigenvalue weighted by Gasteiger charge is 2.11. The van der Waals surface area contributed by atoms with E-state index in [9.17, 15) is 4.79 Å². The van der Waals surface area contributed by atoms with Crippen molar-refractivity contribution >= 4 is 5.91 Å². The van der Waals surface area contributed by atoms with E-state index in [-0.39, 0.29) is 12.5 Å². The van der Waals surface area contributed by atoms with E-state index in [0.29, 0.717) is 11.3 Å². The molecule has 0 aliphatic heterocycles. The molecular formula is C10H14N2O3. The molecule has 0 aromatic carbocycles. The zero-order valence-corrected chi connectivity index (χ0v) is 8.73. The van der Waals surface area contributed by atoms with Gasteiger partial charge in [0, 0.05) is 12.7 Å². The van der Waals surface area contributed by atoms with Crippen molar-refractivity contribution in [3.8, 4) is 5.75 Å². The number of amides is 1. The zero-order valence-electron chi connectivity index (χ0n) is 8.73. The third-order valence-electron chi connectivity index (χ3n) is 1.81. The average molecular weight is 210 g/mol. The molecule has 0 spiro atoms. The van der Waals surface area contributed by atoms with E-state index in [1.165, 1.54) is 19.5 Å². The molecule has 1 atom stereocenters. The van der Waals surface area contributed by atoms with E-state index in [1.807, 2.05) is 0 Å². The summed E-state index contributed by atoms with van der Waals surface area (Å²) in [5.74, 6) is 0.135. The number of rotatable bonds is 4. The van der Waals surface area contributed by atoms with Gasteiger partial charge in [-0.3, -0.25) is 9.78 Å². The van der Waals surface area contributed by atoms with Crippen LogP contribution in [0, 0.1) is 0 Å². The summed E-state index contributed by atoms with van der Waals surface area (Å²) in [6, 6.07) is 1.57. The number of ether oxygens (including phenoxy) is 1. The number of carbonyl (C=O) groups is 1. The van der Waals surface area contributed by atoms with Crippen molar-refractivity contribution in [1.29, 1.82) is 0 Å². The van der Waals surface area contributed by atoms with Crippen LogP contribution in [0.2, 0.25) is 0 Å². The lowest BCUT2D eigenvalue weighted by molar-refractivity contribution is 0.0921. The molecule has 1 rings (SSSR count). The normalized spacial score (nSPS) is 11.9. The summed E-state index contributed by atoms with van der Waals surface area (Å²) in [4.78, 5) is 15.4. The number of nitrogens with one attached hydrogen (secondary N) is 1. The Morgan fingerprint density at radius 3 is 3.07 bits per heavy atom. The van der Waals surface area contributed by atoms with Gasteiger partial charge < -0.3 is 15.2 Å². The summed E-state index contributed by atoms with van der Waals surface area (Å²) in [5.41, 5.74) is 0.410. The van der Waals surface area contributed by atoms with Gasteiger partial charge >= 0.3 is 0 Å². The summed E-state index contributed by atoms with van der Waals surface area (Å²) in [7, 11) is 1.47. The molecule has 5 nitrogen and oxygen atoms in total. The molecule has 0 saturated carbocycles. The molecule has 0 radical (unpaired) electrons. The SMILES string of the molecule is COc1cnccc1C(=O)NCC(C)O. The van der Waals surface area contributed by atoms with Gasteiger partial charge in [-0.1, -0.05) is 0 Å². The van der Waals surface area contributed by atoms with E-state index >= 15 is 0 Å². The molecule has 1 aromatic heterocycles. The van der Waals surface area contributed by atoms with Crippen LogP contribution >= 0.6 is 0 Å². The first-order valence-corrected chi connectivity index (χ1v) is 4.59. The molecule has 0 aliphatic carbocycles. The van der Waals surface area contributed by atoms with Gasteiger partial charge in [0.1, 0.15) is 5.75 Å². The Morgan fingerprint density at radius 1 is 1.73 bits per heavy atom. The molecule has 1 unspecified atom stereocenters. The van der Waals surface area contributed by atoms with Crippen LogP contribution in [-0.2, 0) is 0 Å². The monoisotopic (exact) mass is 210 g/mol. The van der Waals surface area contributed by atoms with Crippen LogP contribution in [0.3, 0.4) is 0 Å². The third-order valence-corrected chi connectivity index (χ3v) is 1.81. The second-order valence-corrected chi connectivity index (χ2v) is 3.14. The van der Waals surface area contributed by atoms with Gasteiger partial charge in [-0.05, 0) is 13.0 Å². The molecule has 0 fully saturated rings. The number of pyridine rings is 1. The van der Waals surface area contributed by atoms with Crippen LogP contribution in [0.25, 0.3) is 0 Å². The third kappa shape index (κ3) is 3.21. The first kappa shape index (κ1) is 11.5. The van der Waals surface area contributed by atoms with Crippen LogP contribution in [0.15, 0.2) is 18.5 Å². The first-order valence-electron chi connectivity index (χ1n) is 4.59. The van der Waals surface area contributed by atoms with Gasteiger partial charge in [-0.2, -0.15) is 0 Å². The molecule has 0 saturated heterocycles. The Bertz CT molecular complexity index is 339. The van der Waals surface area contributed by atoms with Crippen LogP contribution in [-0.4, -0.2) is 35.8 Å². The Morgan fingerprint density at radius 2 is 2.47 bits per heavy atom. The quantitative estimate of drug-likeness (QED) is 0.744. The topological polar surface area (TPSA) is 71.5 Å². The highest BCUT2D eigenvalue weighted by molar-refractivity contribution is 5.96. The first-order chi connectivity index (χ1) is 7.15. The molecule has 1 aromatic rings. The zero-order chi connectivity index (χ0) is 11.3. The average Bonchev–Trinajstić information content (AvgIpc) is 2.25. The summed E-state index contributed by atoms with van der Waals surface area (Å²) >= 11 is 0. The van der Waals surface area contributed by atoms with Gasteiger partial charge in [-0.15, -0.1) is 0 Å². The predicted molar refractivity (Wildman–Crippen MR) is 54.8 cm³/mol. The lowest BCUT2D eigenvalue weighted by atomic mass is 10.2. The molecule has 1 amide bonds. The largest absolute Gasteiger partial charge is 0.494 e. The number of methoxy groups -OCH3 is 1. The van der Waals surface area contributed by atoms with Crippen molar-refractivity contribution < 1.29 is 14.6 Å². The van der Waals surface area contributed by atoms with Crippen molar-refractivity contribution in [2.45, 2.75) is 13.0 Å². The number of hydrogen-bond donors (Lipinski definition) is 2. The molecular weight excluding hydrogens is 196 g/mol. The lowest BCUT2D eigenvalue weighted by Gasteiger charge is -2.09. The summed E-state index contributed by atoms with van der Waals surface area (Å²) in [5, 5.41) is 11.6. The molecule has 0 aliphatic rings. The highest BCUT2D eigenvalue weighted by atomic mass is 16.5. The lowest BCUT2D eigenvalue weighted by Crippen LogP contribution is -2.30. The van der Waals surface area contributed by atoms with Gasteiger partial charge in [-0.25, -0.2) is 0 Å². The van der Waals surface area contributed by atoms with Gasteiger partial charge in [0.2, 0.25) is 0 Å². The minimum atomic E-state index is -0.568. The molecule has 1 heterocycles.